The number of likely N-dealkylation sites (tertiary alicyclic amines) is 1. The molecular weight excluding hydrogens is 376 g/mol. The first kappa shape index (κ1) is 20.3. The summed E-state index contributed by atoms with van der Waals surface area (Å²) in [5.74, 6) is -0.0889. The number of benzene rings is 2. The van der Waals surface area contributed by atoms with E-state index in [1.54, 1.807) is 0 Å². The van der Waals surface area contributed by atoms with Crippen molar-refractivity contribution >= 4 is 17.5 Å². The summed E-state index contributed by atoms with van der Waals surface area (Å²) in [5, 5.41) is 6.08. The molecule has 2 heterocycles. The quantitative estimate of drug-likeness (QED) is 0.803. The zero-order chi connectivity index (χ0) is 21.1. The molecule has 0 unspecified atom stereocenters. The highest BCUT2D eigenvalue weighted by atomic mass is 16.2. The van der Waals surface area contributed by atoms with E-state index in [1.165, 1.54) is 5.56 Å². The Morgan fingerprint density at radius 3 is 2.27 bits per heavy atom. The van der Waals surface area contributed by atoms with Crippen molar-refractivity contribution in [3.63, 3.8) is 0 Å². The molecule has 2 N–H and O–H groups in total. The van der Waals surface area contributed by atoms with Gasteiger partial charge in [0.2, 0.25) is 5.91 Å². The molecule has 0 aromatic heterocycles. The Hall–Kier alpha value is -2.99. The van der Waals surface area contributed by atoms with E-state index in [4.69, 9.17) is 4.99 Å². The summed E-state index contributed by atoms with van der Waals surface area (Å²) >= 11 is 0. The van der Waals surface area contributed by atoms with Crippen LogP contribution in [0.4, 0.5) is 0 Å². The zero-order valence-electron chi connectivity index (χ0n) is 17.6. The van der Waals surface area contributed by atoms with Crippen LogP contribution in [0.5, 0.6) is 0 Å². The van der Waals surface area contributed by atoms with E-state index in [-0.39, 0.29) is 11.8 Å². The van der Waals surface area contributed by atoms with Gasteiger partial charge in [0.1, 0.15) is 11.4 Å². The molecule has 0 saturated carbocycles. The maximum Gasteiger partial charge on any atom is 0.272 e. The summed E-state index contributed by atoms with van der Waals surface area (Å²) in [4.78, 5) is 31.8. The van der Waals surface area contributed by atoms with E-state index in [1.807, 2.05) is 62.4 Å². The number of aryl methyl sites for hydroxylation is 2. The molecule has 156 valence electrons. The number of piperidine rings is 1. The molecular formula is C24H28N4O2. The Balaban J connectivity index is 1.30. The monoisotopic (exact) mass is 404 g/mol. The lowest BCUT2D eigenvalue weighted by atomic mass is 9.98. The van der Waals surface area contributed by atoms with Gasteiger partial charge >= 0.3 is 0 Å². The summed E-state index contributed by atoms with van der Waals surface area (Å²) in [6.45, 7) is 6.42. The zero-order valence-corrected chi connectivity index (χ0v) is 17.6. The number of rotatable bonds is 5. The Morgan fingerprint density at radius 1 is 1.03 bits per heavy atom. The van der Waals surface area contributed by atoms with Gasteiger partial charge in [-0.05, 0) is 19.4 Å². The van der Waals surface area contributed by atoms with Crippen LogP contribution in [-0.2, 0) is 16.1 Å². The van der Waals surface area contributed by atoms with Crippen molar-refractivity contribution in [2.24, 2.45) is 4.99 Å². The highest BCUT2D eigenvalue weighted by molar-refractivity contribution is 6.46. The fourth-order valence-electron chi connectivity index (χ4n) is 3.95. The van der Waals surface area contributed by atoms with Crippen molar-refractivity contribution in [3.05, 3.63) is 70.8 Å². The topological polar surface area (TPSA) is 73.8 Å². The highest BCUT2D eigenvalue weighted by Gasteiger charge is 2.42. The minimum atomic E-state index is -0.536. The molecule has 6 nitrogen and oxygen atoms in total. The van der Waals surface area contributed by atoms with Crippen LogP contribution in [0.25, 0.3) is 0 Å². The van der Waals surface area contributed by atoms with Crippen LogP contribution in [-0.4, -0.2) is 47.7 Å². The van der Waals surface area contributed by atoms with Crippen molar-refractivity contribution in [2.75, 3.05) is 19.6 Å². The van der Waals surface area contributed by atoms with Gasteiger partial charge in [-0.25, -0.2) is 0 Å². The predicted molar refractivity (Wildman–Crippen MR) is 117 cm³/mol. The normalized spacial score (nSPS) is 18.2. The molecule has 0 bridgehead atoms. The predicted octanol–water partition coefficient (Wildman–Crippen LogP) is 2.33. The smallest absolute Gasteiger partial charge is 0.272 e. The third-order valence-corrected chi connectivity index (χ3v) is 5.87. The Kier molecular flexibility index (Phi) is 5.68. The molecule has 2 aromatic rings. The number of hydrogen-bond acceptors (Lipinski definition) is 4. The van der Waals surface area contributed by atoms with Gasteiger partial charge in [0.25, 0.3) is 5.91 Å². The highest BCUT2D eigenvalue weighted by Crippen LogP contribution is 2.28. The number of nitrogens with zero attached hydrogens (tertiary/aromatic N) is 2. The summed E-state index contributed by atoms with van der Waals surface area (Å²) in [7, 11) is 0. The SMILES string of the molecule is Cc1ccc(CNC(=O)CN2CCC3(CC2)N=C(c2ccc(C)cc2)C(=O)N3)cc1. The summed E-state index contributed by atoms with van der Waals surface area (Å²) in [6.07, 6.45) is 1.42. The van der Waals surface area contributed by atoms with Crippen LogP contribution in [0, 0.1) is 13.8 Å². The first-order chi connectivity index (χ1) is 14.4. The molecule has 2 amide bonds. The largest absolute Gasteiger partial charge is 0.351 e. The average molecular weight is 405 g/mol. The lowest BCUT2D eigenvalue weighted by molar-refractivity contribution is -0.123. The first-order valence-electron chi connectivity index (χ1n) is 10.5. The molecule has 2 aliphatic heterocycles. The van der Waals surface area contributed by atoms with E-state index in [9.17, 15) is 9.59 Å². The minimum Gasteiger partial charge on any atom is -0.351 e. The summed E-state index contributed by atoms with van der Waals surface area (Å²) in [5.41, 5.74) is 4.29. The molecule has 2 aromatic carbocycles. The van der Waals surface area contributed by atoms with Crippen molar-refractivity contribution in [2.45, 2.75) is 38.9 Å². The number of aliphatic imine (C=N–C) groups is 1. The number of hydrogen-bond donors (Lipinski definition) is 2. The second kappa shape index (κ2) is 8.40. The molecule has 1 spiro atoms. The maximum absolute atomic E-state index is 12.5. The Morgan fingerprint density at radius 2 is 1.63 bits per heavy atom. The average Bonchev–Trinajstić information content (AvgIpc) is 3.06. The third-order valence-electron chi connectivity index (χ3n) is 5.87. The van der Waals surface area contributed by atoms with Crippen molar-refractivity contribution in [3.8, 4) is 0 Å². The van der Waals surface area contributed by atoms with Crippen molar-refractivity contribution in [1.82, 2.24) is 15.5 Å². The summed E-state index contributed by atoms with van der Waals surface area (Å²) < 4.78 is 0. The van der Waals surface area contributed by atoms with Crippen LogP contribution in [0.15, 0.2) is 53.5 Å². The number of amides is 2. The van der Waals surface area contributed by atoms with Crippen LogP contribution in [0.3, 0.4) is 0 Å². The van der Waals surface area contributed by atoms with Crippen molar-refractivity contribution < 1.29 is 9.59 Å². The van der Waals surface area contributed by atoms with E-state index in [2.05, 4.69) is 15.5 Å². The first-order valence-corrected chi connectivity index (χ1v) is 10.5. The van der Waals surface area contributed by atoms with Crippen molar-refractivity contribution in [1.29, 1.82) is 0 Å². The van der Waals surface area contributed by atoms with Gasteiger partial charge in [0, 0.05) is 38.0 Å². The number of nitrogens with one attached hydrogen (secondary N) is 2. The van der Waals surface area contributed by atoms with Gasteiger partial charge in [-0.3, -0.25) is 19.5 Å². The maximum atomic E-state index is 12.5. The lowest BCUT2D eigenvalue weighted by Crippen LogP contribution is -2.52. The fraction of sp³-hybridized carbons (Fsp3) is 0.375. The molecule has 6 heteroatoms. The van der Waals surface area contributed by atoms with Gasteiger partial charge in [-0.15, -0.1) is 0 Å². The van der Waals surface area contributed by atoms with Gasteiger partial charge < -0.3 is 10.6 Å². The van der Waals surface area contributed by atoms with E-state index in [0.717, 1.165) is 29.8 Å². The van der Waals surface area contributed by atoms with Gasteiger partial charge in [-0.2, -0.15) is 0 Å². The second-order valence-electron chi connectivity index (χ2n) is 8.35. The minimum absolute atomic E-state index is 0.0193. The van der Waals surface area contributed by atoms with Crippen LogP contribution in [0.1, 0.15) is 35.1 Å². The number of carbonyl (C=O) groups excluding carboxylic acids is 2. The Labute approximate surface area is 177 Å². The van der Waals surface area contributed by atoms with Gasteiger partial charge in [0.05, 0.1) is 6.54 Å². The Bertz CT molecular complexity index is 956. The third kappa shape index (κ3) is 4.60. The molecule has 30 heavy (non-hydrogen) atoms. The second-order valence-corrected chi connectivity index (χ2v) is 8.35. The fourth-order valence-corrected chi connectivity index (χ4v) is 3.95. The van der Waals surface area contributed by atoms with Gasteiger partial charge in [-0.1, -0.05) is 59.7 Å². The molecule has 0 atom stereocenters. The molecule has 2 aliphatic rings. The van der Waals surface area contributed by atoms with E-state index >= 15 is 0 Å². The van der Waals surface area contributed by atoms with Gasteiger partial charge in [0.15, 0.2) is 0 Å². The standard InChI is InChI=1S/C24H28N4O2/c1-17-3-7-19(8-4-17)15-25-21(29)16-28-13-11-24(12-14-28)26-22(23(30)27-24)20-9-5-18(2)6-10-20/h3-10H,11-16H2,1-2H3,(H,25,29)(H,27,30). The molecule has 0 aliphatic carbocycles. The lowest BCUT2D eigenvalue weighted by Gasteiger charge is -2.36. The molecule has 4 rings (SSSR count). The molecule has 1 fully saturated rings. The number of carbonyl (C=O) groups is 2. The molecule has 1 saturated heterocycles. The summed E-state index contributed by atoms with van der Waals surface area (Å²) in [6, 6.07) is 16.0. The van der Waals surface area contributed by atoms with E-state index in [0.29, 0.717) is 31.6 Å². The van der Waals surface area contributed by atoms with Crippen LogP contribution in [0.2, 0.25) is 0 Å². The van der Waals surface area contributed by atoms with Crippen LogP contribution < -0.4 is 10.6 Å². The van der Waals surface area contributed by atoms with Crippen LogP contribution >= 0.6 is 0 Å². The molecule has 0 radical (unpaired) electrons. The van der Waals surface area contributed by atoms with E-state index < -0.39 is 5.66 Å².